The lowest BCUT2D eigenvalue weighted by atomic mass is 10.2. The van der Waals surface area contributed by atoms with Crippen LogP contribution in [0.15, 0.2) is 48.5 Å². The molecule has 0 bridgehead atoms. The van der Waals surface area contributed by atoms with Crippen molar-refractivity contribution in [3.8, 4) is 5.75 Å². The number of aliphatic hydroxyl groups excluding tert-OH is 1. The zero-order valence-corrected chi connectivity index (χ0v) is 16.2. The van der Waals surface area contributed by atoms with E-state index in [0.717, 1.165) is 34.2 Å². The molecule has 6 heteroatoms. The molecule has 0 saturated carbocycles. The van der Waals surface area contributed by atoms with E-state index < -0.39 is 0 Å². The molecular weight excluding hydrogens is 431 g/mol. The topological polar surface area (TPSA) is 70.6 Å². The first-order valence-corrected chi connectivity index (χ1v) is 9.34. The van der Waals surface area contributed by atoms with Crippen molar-refractivity contribution in [1.82, 2.24) is 5.32 Å². The number of ether oxygens (including phenoxy) is 1. The van der Waals surface area contributed by atoms with Crippen LogP contribution in [0.25, 0.3) is 0 Å². The van der Waals surface area contributed by atoms with Gasteiger partial charge in [0.15, 0.2) is 6.61 Å². The number of halogens is 1. The molecule has 0 spiro atoms. The van der Waals surface area contributed by atoms with Crippen molar-refractivity contribution in [2.45, 2.75) is 19.4 Å². The summed E-state index contributed by atoms with van der Waals surface area (Å²) in [5, 5.41) is 14.9. The van der Waals surface area contributed by atoms with Crippen LogP contribution in [0.4, 0.5) is 5.69 Å². The standard InChI is InChI=1S/C19H23IN2O3/c20-16-7-9-17(10-8-16)22-19(24)14-25-18-6-2-1-5-15(18)13-21-11-3-4-12-23/h1-2,5-10,21,23H,3-4,11-14H2,(H,22,24). The van der Waals surface area contributed by atoms with Crippen LogP contribution in [-0.4, -0.2) is 30.8 Å². The number of hydrogen-bond donors (Lipinski definition) is 3. The predicted molar refractivity (Wildman–Crippen MR) is 108 cm³/mol. The highest BCUT2D eigenvalue weighted by Crippen LogP contribution is 2.18. The van der Waals surface area contributed by atoms with Crippen molar-refractivity contribution >= 4 is 34.2 Å². The number of carbonyl (C=O) groups is 1. The number of benzene rings is 2. The second kappa shape index (κ2) is 11.1. The minimum atomic E-state index is -0.188. The van der Waals surface area contributed by atoms with Crippen molar-refractivity contribution in [2.75, 3.05) is 25.1 Å². The molecular formula is C19H23IN2O3. The van der Waals surface area contributed by atoms with Gasteiger partial charge in [-0.25, -0.2) is 0 Å². The Kier molecular flexibility index (Phi) is 8.71. The summed E-state index contributed by atoms with van der Waals surface area (Å²) < 4.78 is 6.80. The molecule has 0 heterocycles. The maximum atomic E-state index is 12.0. The molecule has 134 valence electrons. The van der Waals surface area contributed by atoms with Gasteiger partial charge in [0.2, 0.25) is 0 Å². The van der Waals surface area contributed by atoms with Crippen LogP contribution in [0.3, 0.4) is 0 Å². The fraction of sp³-hybridized carbons (Fsp3) is 0.316. The van der Waals surface area contributed by atoms with Gasteiger partial charge in [0.05, 0.1) is 0 Å². The molecule has 0 radical (unpaired) electrons. The highest BCUT2D eigenvalue weighted by molar-refractivity contribution is 14.1. The lowest BCUT2D eigenvalue weighted by Gasteiger charge is -2.12. The van der Waals surface area contributed by atoms with Crippen LogP contribution in [0.1, 0.15) is 18.4 Å². The molecule has 0 unspecified atom stereocenters. The summed E-state index contributed by atoms with van der Waals surface area (Å²) in [5.41, 5.74) is 1.77. The van der Waals surface area contributed by atoms with E-state index in [-0.39, 0.29) is 19.1 Å². The highest BCUT2D eigenvalue weighted by Gasteiger charge is 2.07. The van der Waals surface area contributed by atoms with E-state index in [1.807, 2.05) is 48.5 Å². The normalized spacial score (nSPS) is 10.5. The zero-order chi connectivity index (χ0) is 17.9. The number of nitrogens with one attached hydrogen (secondary N) is 2. The Morgan fingerprint density at radius 3 is 2.60 bits per heavy atom. The number of para-hydroxylation sites is 1. The molecule has 3 N–H and O–H groups in total. The smallest absolute Gasteiger partial charge is 0.262 e. The first-order chi connectivity index (χ1) is 12.2. The highest BCUT2D eigenvalue weighted by atomic mass is 127. The molecule has 2 rings (SSSR count). The fourth-order valence-corrected chi connectivity index (χ4v) is 2.61. The van der Waals surface area contributed by atoms with Crippen molar-refractivity contribution in [3.05, 3.63) is 57.7 Å². The maximum absolute atomic E-state index is 12.0. The molecule has 2 aromatic rings. The van der Waals surface area contributed by atoms with Crippen LogP contribution in [0.2, 0.25) is 0 Å². The average molecular weight is 454 g/mol. The summed E-state index contributed by atoms with van der Waals surface area (Å²) in [4.78, 5) is 12.0. The van der Waals surface area contributed by atoms with Gasteiger partial charge in [-0.1, -0.05) is 18.2 Å². The van der Waals surface area contributed by atoms with Gasteiger partial charge in [0, 0.05) is 28.0 Å². The Balaban J connectivity index is 1.81. The molecule has 0 aromatic heterocycles. The Morgan fingerprint density at radius 2 is 1.84 bits per heavy atom. The van der Waals surface area contributed by atoms with Crippen LogP contribution in [0.5, 0.6) is 5.75 Å². The zero-order valence-electron chi connectivity index (χ0n) is 14.0. The number of rotatable bonds is 10. The van der Waals surface area contributed by atoms with Gasteiger partial charge < -0.3 is 20.5 Å². The van der Waals surface area contributed by atoms with Gasteiger partial charge in [0.1, 0.15) is 5.75 Å². The molecule has 0 aliphatic heterocycles. The van der Waals surface area contributed by atoms with Crippen LogP contribution in [0, 0.1) is 3.57 Å². The first-order valence-electron chi connectivity index (χ1n) is 8.27. The van der Waals surface area contributed by atoms with E-state index in [0.29, 0.717) is 12.3 Å². The Labute approximate surface area is 161 Å². The summed E-state index contributed by atoms with van der Waals surface area (Å²) in [6.45, 7) is 1.69. The summed E-state index contributed by atoms with van der Waals surface area (Å²) in [5.74, 6) is 0.516. The van der Waals surface area contributed by atoms with E-state index in [1.54, 1.807) is 0 Å². The summed E-state index contributed by atoms with van der Waals surface area (Å²) in [6.07, 6.45) is 1.72. The van der Waals surface area contributed by atoms with Crippen LogP contribution in [-0.2, 0) is 11.3 Å². The summed E-state index contributed by atoms with van der Waals surface area (Å²) in [6, 6.07) is 15.3. The van der Waals surface area contributed by atoms with E-state index >= 15 is 0 Å². The van der Waals surface area contributed by atoms with E-state index in [1.165, 1.54) is 0 Å². The van der Waals surface area contributed by atoms with Crippen molar-refractivity contribution < 1.29 is 14.6 Å². The second-order valence-corrected chi connectivity index (χ2v) is 6.80. The third kappa shape index (κ3) is 7.41. The molecule has 25 heavy (non-hydrogen) atoms. The Bertz CT molecular complexity index is 662. The molecule has 0 fully saturated rings. The van der Waals surface area contributed by atoms with Crippen LogP contribution >= 0.6 is 22.6 Å². The third-order valence-electron chi connectivity index (χ3n) is 3.54. The molecule has 1 amide bonds. The van der Waals surface area contributed by atoms with Gasteiger partial charge in [-0.2, -0.15) is 0 Å². The fourth-order valence-electron chi connectivity index (χ4n) is 2.25. The minimum absolute atomic E-state index is 0.0342. The first kappa shape index (κ1) is 19.7. The van der Waals surface area contributed by atoms with E-state index in [4.69, 9.17) is 9.84 Å². The number of carbonyl (C=O) groups excluding carboxylic acids is 1. The Hall–Kier alpha value is -1.64. The van der Waals surface area contributed by atoms with Crippen molar-refractivity contribution in [2.24, 2.45) is 0 Å². The van der Waals surface area contributed by atoms with Gasteiger partial charge in [-0.3, -0.25) is 4.79 Å². The third-order valence-corrected chi connectivity index (χ3v) is 4.26. The number of aliphatic hydroxyl groups is 1. The van der Waals surface area contributed by atoms with Gasteiger partial charge >= 0.3 is 0 Å². The Morgan fingerprint density at radius 1 is 1.08 bits per heavy atom. The molecule has 0 atom stereocenters. The molecule has 2 aromatic carbocycles. The number of unbranched alkanes of at least 4 members (excludes halogenated alkanes) is 1. The quantitative estimate of drug-likeness (QED) is 0.381. The summed E-state index contributed by atoms with van der Waals surface area (Å²) >= 11 is 2.22. The number of amides is 1. The summed E-state index contributed by atoms with van der Waals surface area (Å²) in [7, 11) is 0. The van der Waals surface area contributed by atoms with E-state index in [9.17, 15) is 4.79 Å². The molecule has 0 aliphatic rings. The van der Waals surface area contributed by atoms with Crippen LogP contribution < -0.4 is 15.4 Å². The largest absolute Gasteiger partial charge is 0.483 e. The molecule has 0 saturated heterocycles. The van der Waals surface area contributed by atoms with Crippen molar-refractivity contribution in [3.63, 3.8) is 0 Å². The van der Waals surface area contributed by atoms with Gasteiger partial charge in [-0.15, -0.1) is 0 Å². The van der Waals surface area contributed by atoms with E-state index in [2.05, 4.69) is 33.2 Å². The molecule has 0 aliphatic carbocycles. The van der Waals surface area contributed by atoms with Gasteiger partial charge in [-0.05, 0) is 72.3 Å². The van der Waals surface area contributed by atoms with Gasteiger partial charge in [0.25, 0.3) is 5.91 Å². The monoisotopic (exact) mass is 454 g/mol. The lowest BCUT2D eigenvalue weighted by molar-refractivity contribution is -0.118. The predicted octanol–water partition coefficient (Wildman–Crippen LogP) is 3.17. The minimum Gasteiger partial charge on any atom is -0.483 e. The van der Waals surface area contributed by atoms with Crippen molar-refractivity contribution in [1.29, 1.82) is 0 Å². The number of anilines is 1. The maximum Gasteiger partial charge on any atom is 0.262 e. The lowest BCUT2D eigenvalue weighted by Crippen LogP contribution is -2.21. The SMILES string of the molecule is O=C(COc1ccccc1CNCCCCO)Nc1ccc(I)cc1. The second-order valence-electron chi connectivity index (χ2n) is 5.56. The molecule has 5 nitrogen and oxygen atoms in total. The average Bonchev–Trinajstić information content (AvgIpc) is 2.62. The number of hydrogen-bond acceptors (Lipinski definition) is 4.